The number of hydrogen-bond donors (Lipinski definition) is 0. The van der Waals surface area contributed by atoms with E-state index in [9.17, 15) is 35.1 Å². The Morgan fingerprint density at radius 3 is 1.60 bits per heavy atom. The van der Waals surface area contributed by atoms with Gasteiger partial charge in [0.15, 0.2) is 5.92 Å². The van der Waals surface area contributed by atoms with Crippen LogP contribution in [0.5, 0.6) is 0 Å². The van der Waals surface area contributed by atoms with Gasteiger partial charge < -0.3 is 5.48 Å². The molecule has 0 atom stereocenters. The van der Waals surface area contributed by atoms with Crippen LogP contribution >= 0.6 is 0 Å². The van der Waals surface area contributed by atoms with Gasteiger partial charge in [0.1, 0.15) is 0 Å². The van der Waals surface area contributed by atoms with Crippen molar-refractivity contribution in [2.24, 2.45) is 0 Å². The third-order valence-electron chi connectivity index (χ3n) is 2.21. The number of halogens is 8. The number of rotatable bonds is 7. The Morgan fingerprint density at radius 2 is 1.30 bits per heavy atom. The molecule has 0 fully saturated rings. The van der Waals surface area contributed by atoms with E-state index in [0.717, 1.165) is 13.3 Å². The Kier molecular flexibility index (Phi) is 10.5. The van der Waals surface area contributed by atoms with Crippen molar-refractivity contribution < 1.29 is 73.3 Å². The maximum atomic E-state index is 12.9. The normalized spacial score (nSPS) is 13.5. The van der Waals surface area contributed by atoms with Gasteiger partial charge in [0.2, 0.25) is 0 Å². The van der Waals surface area contributed by atoms with Crippen LogP contribution in [-0.4, -0.2) is 29.2 Å². The summed E-state index contributed by atoms with van der Waals surface area (Å²) in [5.41, 5.74) is 0. The second-order valence-corrected chi connectivity index (χ2v) is 3.94. The fourth-order valence-corrected chi connectivity index (χ4v) is 0.977. The van der Waals surface area contributed by atoms with E-state index >= 15 is 0 Å². The van der Waals surface area contributed by atoms with E-state index in [1.165, 1.54) is 0 Å². The first-order chi connectivity index (χ1) is 7.77. The zero-order valence-corrected chi connectivity index (χ0v) is 13.5. The maximum absolute atomic E-state index is 12.9. The third-order valence-corrected chi connectivity index (χ3v) is 2.21. The van der Waals surface area contributed by atoms with Crippen molar-refractivity contribution in [1.29, 1.82) is 0 Å². The Labute approximate surface area is 136 Å². The maximum Gasteiger partial charge on any atom is 0.304 e. The molecule has 0 saturated heterocycles. The summed E-state index contributed by atoms with van der Waals surface area (Å²) in [4.78, 5) is 0. The molecule has 1 nitrogen and oxygen atoms in total. The van der Waals surface area contributed by atoms with Crippen molar-refractivity contribution in [1.82, 2.24) is 0 Å². The Morgan fingerprint density at radius 1 is 0.900 bits per heavy atom. The van der Waals surface area contributed by atoms with Crippen LogP contribution in [0.15, 0.2) is 0 Å². The summed E-state index contributed by atoms with van der Waals surface area (Å²) in [6.45, 7) is 0.912. The minimum Gasteiger partial charge on any atom is -0.412 e. The van der Waals surface area contributed by atoms with Crippen molar-refractivity contribution in [3.8, 4) is 0 Å². The molecule has 0 spiro atoms. The molecule has 20 heavy (non-hydrogen) atoms. The molecule has 0 unspecified atom stereocenters. The summed E-state index contributed by atoms with van der Waals surface area (Å²) >= 11 is 0. The smallest absolute Gasteiger partial charge is 0.304 e. The first-order valence-electron chi connectivity index (χ1n) is 4.90. The average molecular weight is 391 g/mol. The van der Waals surface area contributed by atoms with E-state index in [1.54, 1.807) is 0 Å². The van der Waals surface area contributed by atoms with Crippen molar-refractivity contribution in [3.05, 3.63) is 12.8 Å². The summed E-state index contributed by atoms with van der Waals surface area (Å²) in [6, 6.07) is 0. The third kappa shape index (κ3) is 6.51. The minimum absolute atomic E-state index is 0. The molecule has 0 heterocycles. The predicted octanol–water partition coefficient (Wildman–Crippen LogP) is 3.93. The largest absolute Gasteiger partial charge is 0.412 e. The van der Waals surface area contributed by atoms with Gasteiger partial charge in [0, 0.05) is 46.1 Å². The second-order valence-electron chi connectivity index (χ2n) is 3.94. The van der Waals surface area contributed by atoms with Crippen LogP contribution in [0, 0.1) is 12.8 Å². The SMILES string of the molecule is C[CH]CC(F)(F)C(F)(F)[CH-]CC(F)(F)C(C)(F)F.O.[Y]. The zero-order chi connectivity index (χ0) is 14.8. The first kappa shape index (κ1) is 25.5. The molecule has 0 bridgehead atoms. The topological polar surface area (TPSA) is 31.5 Å². The number of alkyl halides is 8. The molecule has 0 aliphatic carbocycles. The van der Waals surface area contributed by atoms with Crippen LogP contribution in [0.4, 0.5) is 35.1 Å². The predicted molar refractivity (Wildman–Crippen MR) is 52.6 cm³/mol. The minimum atomic E-state index is -4.88. The van der Waals surface area contributed by atoms with Crippen LogP contribution in [-0.2, 0) is 32.7 Å². The Hall–Kier alpha value is 0.504. The fraction of sp³-hybridized carbons (Fsp3) is 0.800. The van der Waals surface area contributed by atoms with Gasteiger partial charge in [0.05, 0.1) is 0 Å². The monoisotopic (exact) mass is 391 g/mol. The molecule has 2 radical (unpaired) electrons. The zero-order valence-electron chi connectivity index (χ0n) is 10.7. The van der Waals surface area contributed by atoms with Gasteiger partial charge in [-0.1, -0.05) is 6.92 Å². The molecule has 0 aromatic carbocycles. The summed E-state index contributed by atoms with van der Waals surface area (Å²) in [5.74, 6) is -18.8. The Balaban J connectivity index is -0.00000144. The van der Waals surface area contributed by atoms with E-state index in [1.807, 2.05) is 0 Å². The molecule has 0 aromatic rings. The van der Waals surface area contributed by atoms with Crippen LogP contribution in [0.2, 0.25) is 0 Å². The van der Waals surface area contributed by atoms with Crippen molar-refractivity contribution in [2.75, 3.05) is 0 Å². The molecule has 0 amide bonds. The van der Waals surface area contributed by atoms with Crippen LogP contribution in [0.3, 0.4) is 0 Å². The molecule has 0 saturated carbocycles. The molecule has 10 heteroatoms. The van der Waals surface area contributed by atoms with E-state index < -0.39 is 43.0 Å². The molecule has 0 aliphatic heterocycles. The van der Waals surface area contributed by atoms with Crippen LogP contribution in [0.1, 0.15) is 26.7 Å². The van der Waals surface area contributed by atoms with Gasteiger partial charge in [-0.2, -0.15) is 0 Å². The molecule has 2 N–H and O–H groups in total. The summed E-state index contributed by atoms with van der Waals surface area (Å²) in [7, 11) is 0. The summed E-state index contributed by atoms with van der Waals surface area (Å²) < 4.78 is 101. The van der Waals surface area contributed by atoms with E-state index in [2.05, 4.69) is 0 Å². The van der Waals surface area contributed by atoms with Gasteiger partial charge in [-0.25, -0.2) is 41.5 Å². The molecule has 0 aromatic heterocycles. The quantitative estimate of drug-likeness (QED) is 0.466. The van der Waals surface area contributed by atoms with Crippen LogP contribution in [0.25, 0.3) is 0 Å². The van der Waals surface area contributed by atoms with Gasteiger partial charge >= 0.3 is 5.92 Å². The van der Waals surface area contributed by atoms with Gasteiger partial charge in [-0.3, -0.25) is 0 Å². The van der Waals surface area contributed by atoms with E-state index in [0.29, 0.717) is 0 Å². The van der Waals surface area contributed by atoms with Crippen molar-refractivity contribution in [3.63, 3.8) is 0 Å². The van der Waals surface area contributed by atoms with Crippen molar-refractivity contribution >= 4 is 0 Å². The summed E-state index contributed by atoms with van der Waals surface area (Å²) in [6.07, 6.45) is -3.50. The standard InChI is InChI=1S/C10H12F8.H2O.Y/c1-3-4-9(15,16)10(17,18)6-5-8(13,14)7(2,11)12;;/h3,6H,4-5H2,1-2H3;1H2;/q-1;;. The molecule has 0 rings (SSSR count). The molecule has 120 valence electrons. The summed E-state index contributed by atoms with van der Waals surface area (Å²) in [5, 5.41) is 0. The number of hydrogen-bond acceptors (Lipinski definition) is 0. The second kappa shape index (κ2) is 8.22. The molecular formula is C10H14F8OY-. The van der Waals surface area contributed by atoms with Gasteiger partial charge in [0.25, 0.3) is 11.8 Å². The average Bonchev–Trinajstić information content (AvgIpc) is 2.13. The van der Waals surface area contributed by atoms with E-state index in [-0.39, 0.29) is 45.1 Å². The van der Waals surface area contributed by atoms with Gasteiger partial charge in [-0.15, -0.1) is 6.42 Å². The molecular weight excluding hydrogens is 377 g/mol. The van der Waals surface area contributed by atoms with Gasteiger partial charge in [-0.05, 0) is 6.42 Å². The van der Waals surface area contributed by atoms with E-state index in [4.69, 9.17) is 0 Å². The molecule has 0 aliphatic rings. The van der Waals surface area contributed by atoms with Crippen LogP contribution < -0.4 is 0 Å². The fourth-order valence-electron chi connectivity index (χ4n) is 0.977. The Bertz CT molecular complexity index is 277. The first-order valence-corrected chi connectivity index (χ1v) is 4.90. The van der Waals surface area contributed by atoms with Crippen molar-refractivity contribution in [2.45, 2.75) is 50.4 Å².